The summed E-state index contributed by atoms with van der Waals surface area (Å²) in [7, 11) is 0. The molecule has 1 aromatic rings. The molecule has 0 radical (unpaired) electrons. The fraction of sp³-hybridized carbons (Fsp3) is 0.625. The fourth-order valence-corrected chi connectivity index (χ4v) is 1.74. The van der Waals surface area contributed by atoms with E-state index in [4.69, 9.17) is 4.74 Å². The zero-order valence-electron chi connectivity index (χ0n) is 12.3. The van der Waals surface area contributed by atoms with E-state index >= 15 is 0 Å². The van der Waals surface area contributed by atoms with Gasteiger partial charge in [-0.15, -0.1) is 0 Å². The van der Waals surface area contributed by atoms with Gasteiger partial charge in [-0.1, -0.05) is 39.8 Å². The maximum absolute atomic E-state index is 5.71. The van der Waals surface area contributed by atoms with Crippen molar-refractivity contribution in [1.29, 1.82) is 0 Å². The van der Waals surface area contributed by atoms with Crippen molar-refractivity contribution >= 4 is 0 Å². The van der Waals surface area contributed by atoms with Crippen LogP contribution in [0.15, 0.2) is 24.3 Å². The molecule has 0 unspecified atom stereocenters. The summed E-state index contributed by atoms with van der Waals surface area (Å²) in [6.45, 7) is 11.8. The van der Waals surface area contributed by atoms with Gasteiger partial charge < -0.3 is 10.1 Å². The molecule has 102 valence electrons. The Morgan fingerprint density at radius 3 is 2.28 bits per heavy atom. The van der Waals surface area contributed by atoms with E-state index in [0.717, 1.165) is 31.9 Å². The number of rotatable bonds is 7. The van der Waals surface area contributed by atoms with Gasteiger partial charge in [-0.3, -0.25) is 0 Å². The van der Waals surface area contributed by atoms with Crippen LogP contribution in [0, 0.1) is 0 Å². The highest BCUT2D eigenvalue weighted by molar-refractivity contribution is 5.31. The summed E-state index contributed by atoms with van der Waals surface area (Å²) in [5.74, 6) is 0.971. The molecule has 0 heterocycles. The second kappa shape index (κ2) is 7.42. The van der Waals surface area contributed by atoms with Gasteiger partial charge in [-0.25, -0.2) is 0 Å². The summed E-state index contributed by atoms with van der Waals surface area (Å²) in [5.41, 5.74) is 1.56. The number of benzene rings is 1. The smallest absolute Gasteiger partial charge is 0.119 e. The molecule has 2 heteroatoms. The lowest BCUT2D eigenvalue weighted by Crippen LogP contribution is -2.18. The molecule has 0 atom stereocenters. The van der Waals surface area contributed by atoms with Gasteiger partial charge in [0.15, 0.2) is 0 Å². The lowest BCUT2D eigenvalue weighted by atomic mass is 9.87. The van der Waals surface area contributed by atoms with Crippen LogP contribution in [0.5, 0.6) is 5.75 Å². The maximum Gasteiger partial charge on any atom is 0.119 e. The van der Waals surface area contributed by atoms with Gasteiger partial charge >= 0.3 is 0 Å². The van der Waals surface area contributed by atoms with E-state index in [-0.39, 0.29) is 5.41 Å². The molecule has 0 saturated carbocycles. The van der Waals surface area contributed by atoms with E-state index in [9.17, 15) is 0 Å². The van der Waals surface area contributed by atoms with Crippen molar-refractivity contribution in [3.8, 4) is 5.75 Å². The zero-order valence-corrected chi connectivity index (χ0v) is 12.3. The van der Waals surface area contributed by atoms with Gasteiger partial charge in [0.05, 0.1) is 6.61 Å². The largest absolute Gasteiger partial charge is 0.494 e. The van der Waals surface area contributed by atoms with E-state index in [0.29, 0.717) is 0 Å². The highest BCUT2D eigenvalue weighted by Crippen LogP contribution is 2.24. The van der Waals surface area contributed by atoms with Crippen LogP contribution in [0.4, 0.5) is 0 Å². The van der Waals surface area contributed by atoms with E-state index in [1.165, 1.54) is 12.0 Å². The molecule has 0 aliphatic rings. The SMILES string of the molecule is CCCNCCCOc1ccc(C(C)(C)C)cc1. The number of hydrogen-bond donors (Lipinski definition) is 1. The molecule has 0 bridgehead atoms. The van der Waals surface area contributed by atoms with Crippen molar-refractivity contribution < 1.29 is 4.74 Å². The minimum Gasteiger partial charge on any atom is -0.494 e. The highest BCUT2D eigenvalue weighted by Gasteiger charge is 2.12. The van der Waals surface area contributed by atoms with Gasteiger partial charge in [-0.2, -0.15) is 0 Å². The molecule has 1 N–H and O–H groups in total. The molecule has 0 aliphatic heterocycles. The predicted molar refractivity (Wildman–Crippen MR) is 78.4 cm³/mol. The molecule has 0 amide bonds. The van der Waals surface area contributed by atoms with E-state index in [2.05, 4.69) is 57.3 Å². The van der Waals surface area contributed by atoms with E-state index in [1.54, 1.807) is 0 Å². The monoisotopic (exact) mass is 249 g/mol. The molecule has 0 fully saturated rings. The third kappa shape index (κ3) is 5.54. The molecule has 0 saturated heterocycles. The van der Waals surface area contributed by atoms with Crippen LogP contribution < -0.4 is 10.1 Å². The second-order valence-electron chi connectivity index (χ2n) is 5.73. The lowest BCUT2D eigenvalue weighted by Gasteiger charge is -2.19. The number of ether oxygens (including phenoxy) is 1. The molecule has 2 nitrogen and oxygen atoms in total. The standard InChI is InChI=1S/C16H27NO/c1-5-11-17-12-6-13-18-15-9-7-14(8-10-15)16(2,3)4/h7-10,17H,5-6,11-13H2,1-4H3. The topological polar surface area (TPSA) is 21.3 Å². The first-order valence-electron chi connectivity index (χ1n) is 6.98. The van der Waals surface area contributed by atoms with Gasteiger partial charge in [-0.05, 0) is 49.0 Å². The average molecular weight is 249 g/mol. The normalized spacial score (nSPS) is 11.6. The Labute approximate surface area is 112 Å². The summed E-state index contributed by atoms with van der Waals surface area (Å²) >= 11 is 0. The van der Waals surface area contributed by atoms with Gasteiger partial charge in [0.25, 0.3) is 0 Å². The Balaban J connectivity index is 2.27. The third-order valence-corrected chi connectivity index (χ3v) is 2.91. The Kier molecular flexibility index (Phi) is 6.20. The van der Waals surface area contributed by atoms with Gasteiger partial charge in [0.2, 0.25) is 0 Å². The van der Waals surface area contributed by atoms with Gasteiger partial charge in [0, 0.05) is 0 Å². The molecular weight excluding hydrogens is 222 g/mol. The van der Waals surface area contributed by atoms with Crippen LogP contribution in [-0.2, 0) is 5.41 Å². The summed E-state index contributed by atoms with van der Waals surface area (Å²) < 4.78 is 5.71. The molecule has 0 spiro atoms. The van der Waals surface area contributed by atoms with E-state index < -0.39 is 0 Å². The molecular formula is C16H27NO. The number of hydrogen-bond acceptors (Lipinski definition) is 2. The van der Waals surface area contributed by atoms with Crippen LogP contribution in [0.1, 0.15) is 46.1 Å². The predicted octanol–water partition coefficient (Wildman–Crippen LogP) is 3.75. The summed E-state index contributed by atoms with van der Waals surface area (Å²) in [4.78, 5) is 0. The molecule has 0 aromatic heterocycles. The molecule has 18 heavy (non-hydrogen) atoms. The first-order valence-corrected chi connectivity index (χ1v) is 6.98. The fourth-order valence-electron chi connectivity index (χ4n) is 1.74. The summed E-state index contributed by atoms with van der Waals surface area (Å²) in [6.07, 6.45) is 2.25. The summed E-state index contributed by atoms with van der Waals surface area (Å²) in [5, 5.41) is 3.37. The van der Waals surface area contributed by atoms with Crippen LogP contribution in [0.3, 0.4) is 0 Å². The Morgan fingerprint density at radius 2 is 1.72 bits per heavy atom. The van der Waals surface area contributed by atoms with Crippen LogP contribution in [0.25, 0.3) is 0 Å². The third-order valence-electron chi connectivity index (χ3n) is 2.91. The Hall–Kier alpha value is -1.02. The van der Waals surface area contributed by atoms with Crippen LogP contribution >= 0.6 is 0 Å². The van der Waals surface area contributed by atoms with Crippen molar-refractivity contribution in [1.82, 2.24) is 5.32 Å². The second-order valence-corrected chi connectivity index (χ2v) is 5.73. The minimum atomic E-state index is 0.211. The van der Waals surface area contributed by atoms with Crippen molar-refractivity contribution in [3.63, 3.8) is 0 Å². The Bertz CT molecular complexity index is 324. The van der Waals surface area contributed by atoms with Crippen LogP contribution in [0.2, 0.25) is 0 Å². The minimum absolute atomic E-state index is 0.211. The molecule has 0 aliphatic carbocycles. The van der Waals surface area contributed by atoms with E-state index in [1.807, 2.05) is 0 Å². The lowest BCUT2D eigenvalue weighted by molar-refractivity contribution is 0.308. The van der Waals surface area contributed by atoms with Crippen molar-refractivity contribution in [3.05, 3.63) is 29.8 Å². The number of nitrogens with one attached hydrogen (secondary N) is 1. The molecule has 1 aromatic carbocycles. The average Bonchev–Trinajstić information content (AvgIpc) is 2.33. The Morgan fingerprint density at radius 1 is 1.06 bits per heavy atom. The van der Waals surface area contributed by atoms with Crippen LogP contribution in [-0.4, -0.2) is 19.7 Å². The van der Waals surface area contributed by atoms with Crippen molar-refractivity contribution in [2.45, 2.75) is 46.0 Å². The quantitative estimate of drug-likeness (QED) is 0.743. The highest BCUT2D eigenvalue weighted by atomic mass is 16.5. The first kappa shape index (κ1) is 15.0. The summed E-state index contributed by atoms with van der Waals surface area (Å²) in [6, 6.07) is 8.45. The zero-order chi connectivity index (χ0) is 13.4. The molecule has 1 rings (SSSR count). The first-order chi connectivity index (χ1) is 8.54. The van der Waals surface area contributed by atoms with Crippen molar-refractivity contribution in [2.75, 3.05) is 19.7 Å². The van der Waals surface area contributed by atoms with Gasteiger partial charge in [0.1, 0.15) is 5.75 Å². The van der Waals surface area contributed by atoms with Crippen molar-refractivity contribution in [2.24, 2.45) is 0 Å². The maximum atomic E-state index is 5.71.